The van der Waals surface area contributed by atoms with Gasteiger partial charge in [-0.15, -0.1) is 0 Å². The van der Waals surface area contributed by atoms with Crippen LogP contribution in [0.3, 0.4) is 0 Å². The monoisotopic (exact) mass is 489 g/mol. The maximum atomic E-state index is 13.0. The van der Waals surface area contributed by atoms with Crippen LogP contribution in [-0.4, -0.2) is 36.3 Å². The predicted octanol–water partition coefficient (Wildman–Crippen LogP) is 5.30. The average Bonchev–Trinajstić information content (AvgIpc) is 2.76. The molecule has 0 aliphatic rings. The fourth-order valence-corrected chi connectivity index (χ4v) is 4.19. The van der Waals surface area contributed by atoms with Gasteiger partial charge in [0.15, 0.2) is 11.6 Å². The lowest BCUT2D eigenvalue weighted by Crippen LogP contribution is -2.12. The molecular weight excluding hydrogens is 468 g/mol. The number of hydrogen-bond acceptors (Lipinski definition) is 7. The largest absolute Gasteiger partial charge is 0.495 e. The van der Waals surface area contributed by atoms with Crippen molar-refractivity contribution in [2.24, 2.45) is 0 Å². The molecule has 0 saturated heterocycles. The molecule has 0 fully saturated rings. The van der Waals surface area contributed by atoms with E-state index in [0.717, 1.165) is 0 Å². The molecule has 33 heavy (non-hydrogen) atoms. The molecule has 2 aromatic carbocycles. The van der Waals surface area contributed by atoms with Gasteiger partial charge in [0, 0.05) is 11.0 Å². The number of benzene rings is 2. The Morgan fingerprint density at radius 1 is 1.15 bits per heavy atom. The van der Waals surface area contributed by atoms with Crippen LogP contribution in [0.5, 0.6) is 5.75 Å². The number of nitrogens with zero attached hydrogens (tertiary/aromatic N) is 2. The molecule has 3 aromatic rings. The van der Waals surface area contributed by atoms with Crippen molar-refractivity contribution in [1.29, 1.82) is 0 Å². The lowest BCUT2D eigenvalue weighted by molar-refractivity contribution is -0.114. The number of amides is 1. The maximum absolute atomic E-state index is 13.0. The zero-order valence-electron chi connectivity index (χ0n) is 18.1. The normalized spacial score (nSPS) is 10.9. The van der Waals surface area contributed by atoms with Crippen LogP contribution < -0.4 is 26.0 Å². The smallest absolute Gasteiger partial charge is 0.283 e. The molecule has 0 aliphatic carbocycles. The van der Waals surface area contributed by atoms with Crippen molar-refractivity contribution in [3.05, 3.63) is 66.1 Å². The molecule has 0 spiro atoms. The maximum Gasteiger partial charge on any atom is 0.283 e. The molecule has 8 nitrogen and oxygen atoms in total. The predicted molar refractivity (Wildman–Crippen MR) is 131 cm³/mol. The highest BCUT2D eigenvalue weighted by Gasteiger charge is 2.17. The van der Waals surface area contributed by atoms with E-state index < -0.39 is 18.9 Å². The number of anilines is 5. The van der Waals surface area contributed by atoms with Crippen LogP contribution in [-0.2, 0) is 9.36 Å². The third kappa shape index (κ3) is 6.09. The Labute approximate surface area is 195 Å². The second-order valence-corrected chi connectivity index (χ2v) is 10.9. The summed E-state index contributed by atoms with van der Waals surface area (Å²) in [6, 6.07) is 11.9. The number of methoxy groups -OCH3 is 1. The topological polar surface area (TPSA) is 105 Å². The fourth-order valence-electron chi connectivity index (χ4n) is 2.89. The zero-order chi connectivity index (χ0) is 24.2. The average molecular weight is 490 g/mol. The van der Waals surface area contributed by atoms with Crippen molar-refractivity contribution in [1.82, 2.24) is 9.97 Å². The summed E-state index contributed by atoms with van der Waals surface area (Å²) >= 11 is 6.29. The van der Waals surface area contributed by atoms with E-state index in [1.807, 2.05) is 12.1 Å². The van der Waals surface area contributed by atoms with E-state index in [-0.39, 0.29) is 11.0 Å². The third-order valence-electron chi connectivity index (χ3n) is 4.43. The van der Waals surface area contributed by atoms with Gasteiger partial charge in [0.1, 0.15) is 17.9 Å². The number of para-hydroxylation sites is 1. The lowest BCUT2D eigenvalue weighted by Gasteiger charge is -2.16. The number of rotatable bonds is 8. The number of nitrogens with one attached hydrogen (secondary N) is 3. The summed E-state index contributed by atoms with van der Waals surface area (Å²) in [4.78, 5) is 20.2. The summed E-state index contributed by atoms with van der Waals surface area (Å²) < 4.78 is 31.0. The van der Waals surface area contributed by atoms with E-state index in [9.17, 15) is 13.8 Å². The molecule has 1 heterocycles. The first-order valence-corrected chi connectivity index (χ1v) is 12.6. The summed E-state index contributed by atoms with van der Waals surface area (Å²) in [5.41, 5.74) is 1.34. The summed E-state index contributed by atoms with van der Waals surface area (Å²) in [6.07, 6.45) is 1.41. The molecule has 1 amide bonds. The SMILES string of the molecule is C=C(F)C(=O)Nc1ccc(OC)c(Nc2ncc(Cl)c(Nc3ccccc3P(C)(C)=O)n2)c1. The van der Waals surface area contributed by atoms with Crippen molar-refractivity contribution < 1.29 is 18.5 Å². The minimum atomic E-state index is -2.56. The molecule has 172 valence electrons. The third-order valence-corrected chi connectivity index (χ3v) is 6.26. The number of carbonyl (C=O) groups excluding carboxylic acids is 1. The number of hydrogen-bond donors (Lipinski definition) is 3. The molecule has 0 saturated carbocycles. The van der Waals surface area contributed by atoms with Gasteiger partial charge < -0.3 is 25.3 Å². The highest BCUT2D eigenvalue weighted by molar-refractivity contribution is 7.70. The van der Waals surface area contributed by atoms with E-state index in [1.165, 1.54) is 19.4 Å². The van der Waals surface area contributed by atoms with Crippen molar-refractivity contribution in [2.75, 3.05) is 36.4 Å². The van der Waals surface area contributed by atoms with Crippen LogP contribution in [0.25, 0.3) is 0 Å². The summed E-state index contributed by atoms with van der Waals surface area (Å²) in [5.74, 6) is -1.16. The molecule has 0 aliphatic heterocycles. The Hall–Kier alpha value is -3.42. The van der Waals surface area contributed by atoms with E-state index in [2.05, 4.69) is 32.5 Å². The van der Waals surface area contributed by atoms with Gasteiger partial charge in [-0.2, -0.15) is 4.98 Å². The fraction of sp³-hybridized carbons (Fsp3) is 0.136. The first kappa shape index (κ1) is 24.2. The molecule has 11 heteroatoms. The number of halogens is 2. The zero-order valence-corrected chi connectivity index (χ0v) is 19.8. The van der Waals surface area contributed by atoms with Gasteiger partial charge in [-0.1, -0.05) is 30.3 Å². The second kappa shape index (κ2) is 10.0. The molecule has 3 N–H and O–H groups in total. The standard InChI is InChI=1S/C22H22ClFN5O3P/c1-13(24)21(30)26-14-9-10-18(32-2)17(11-14)28-22-25-12-15(23)20(29-22)27-16-7-5-6-8-19(16)33(3,4)31/h5-12H,1H2,2-4H3,(H,26,30)(H2,25,27,28,29). The quantitative estimate of drug-likeness (QED) is 0.291. The van der Waals surface area contributed by atoms with Crippen LogP contribution >= 0.6 is 18.7 Å². The summed E-state index contributed by atoms with van der Waals surface area (Å²) in [5, 5.41) is 9.41. The van der Waals surface area contributed by atoms with Crippen LogP contribution in [0, 0.1) is 0 Å². The number of aromatic nitrogens is 2. The molecule has 3 rings (SSSR count). The van der Waals surface area contributed by atoms with E-state index in [0.29, 0.717) is 33.9 Å². The molecule has 0 bridgehead atoms. The minimum Gasteiger partial charge on any atom is -0.495 e. The van der Waals surface area contributed by atoms with Crippen molar-refractivity contribution in [3.63, 3.8) is 0 Å². The van der Waals surface area contributed by atoms with Gasteiger partial charge >= 0.3 is 0 Å². The first-order chi connectivity index (χ1) is 15.6. The first-order valence-electron chi connectivity index (χ1n) is 9.63. The Morgan fingerprint density at radius 2 is 1.88 bits per heavy atom. The molecular formula is C22H22ClFN5O3P. The Kier molecular flexibility index (Phi) is 7.36. The summed E-state index contributed by atoms with van der Waals surface area (Å²) in [6.45, 7) is 6.33. The van der Waals surface area contributed by atoms with Gasteiger partial charge in [-0.3, -0.25) is 4.79 Å². The Morgan fingerprint density at radius 3 is 2.55 bits per heavy atom. The van der Waals surface area contributed by atoms with E-state index in [4.69, 9.17) is 16.3 Å². The highest BCUT2D eigenvalue weighted by atomic mass is 35.5. The lowest BCUT2D eigenvalue weighted by atomic mass is 10.2. The molecule has 1 aromatic heterocycles. The van der Waals surface area contributed by atoms with E-state index in [1.54, 1.807) is 37.6 Å². The highest BCUT2D eigenvalue weighted by Crippen LogP contribution is 2.39. The summed E-state index contributed by atoms with van der Waals surface area (Å²) in [7, 11) is -1.08. The number of carbonyl (C=O) groups is 1. The van der Waals surface area contributed by atoms with Crippen LogP contribution in [0.15, 0.2) is 61.1 Å². The number of ether oxygens (including phenoxy) is 1. The van der Waals surface area contributed by atoms with Crippen molar-refractivity contribution >= 4 is 58.8 Å². The van der Waals surface area contributed by atoms with Gasteiger partial charge in [-0.25, -0.2) is 9.37 Å². The van der Waals surface area contributed by atoms with Gasteiger partial charge in [-0.05, 0) is 43.7 Å². The molecule has 0 unspecified atom stereocenters. The molecule has 0 atom stereocenters. The van der Waals surface area contributed by atoms with Crippen molar-refractivity contribution in [3.8, 4) is 5.75 Å². The second-order valence-electron chi connectivity index (χ2n) is 7.28. The van der Waals surface area contributed by atoms with E-state index >= 15 is 0 Å². The van der Waals surface area contributed by atoms with Gasteiger partial charge in [0.2, 0.25) is 5.95 Å². The van der Waals surface area contributed by atoms with Gasteiger partial charge in [0.05, 0.1) is 24.7 Å². The van der Waals surface area contributed by atoms with Gasteiger partial charge in [0.25, 0.3) is 5.91 Å². The van der Waals surface area contributed by atoms with Crippen LogP contribution in [0.1, 0.15) is 0 Å². The minimum absolute atomic E-state index is 0.173. The van der Waals surface area contributed by atoms with Crippen LogP contribution in [0.4, 0.5) is 33.2 Å². The molecule has 0 radical (unpaired) electrons. The Bertz CT molecular complexity index is 1260. The Balaban J connectivity index is 1.91. The van der Waals surface area contributed by atoms with Crippen LogP contribution in [0.2, 0.25) is 5.02 Å². The van der Waals surface area contributed by atoms with Crippen molar-refractivity contribution in [2.45, 2.75) is 0 Å².